The van der Waals surface area contributed by atoms with Crippen molar-refractivity contribution in [3.63, 3.8) is 0 Å². The Labute approximate surface area is 149 Å². The molecule has 2 aromatic rings. The van der Waals surface area contributed by atoms with E-state index in [1.807, 2.05) is 6.92 Å². The minimum atomic E-state index is -3.69. The lowest BCUT2D eigenvalue weighted by Gasteiger charge is -2.14. The number of carbonyl (C=O) groups is 1. The zero-order valence-electron chi connectivity index (χ0n) is 13.4. The third-order valence-electron chi connectivity index (χ3n) is 3.35. The van der Waals surface area contributed by atoms with Crippen LogP contribution in [0.2, 0.25) is 0 Å². The standard InChI is InChI=1S/C16H17BrN2O4S/c1-10-4-7-13(14(20)8-10)18-16(21)11-5-6-12(17)15(9-11)24(22,23)19(2)3/h4-9,20H,1-3H3,(H,18,21). The number of nitrogens with zero attached hydrogens (tertiary/aromatic N) is 1. The van der Waals surface area contributed by atoms with Crippen LogP contribution in [0.5, 0.6) is 5.75 Å². The molecule has 0 bridgehead atoms. The Morgan fingerprint density at radius 3 is 2.42 bits per heavy atom. The molecule has 0 fully saturated rings. The summed E-state index contributed by atoms with van der Waals surface area (Å²) in [7, 11) is -0.862. The summed E-state index contributed by atoms with van der Waals surface area (Å²) in [6, 6.07) is 9.15. The monoisotopic (exact) mass is 412 g/mol. The van der Waals surface area contributed by atoms with Crippen LogP contribution in [0.25, 0.3) is 0 Å². The zero-order valence-corrected chi connectivity index (χ0v) is 15.8. The van der Waals surface area contributed by atoms with E-state index in [4.69, 9.17) is 0 Å². The fourth-order valence-corrected chi connectivity index (χ4v) is 3.82. The summed E-state index contributed by atoms with van der Waals surface area (Å²) in [4.78, 5) is 12.4. The Hall–Kier alpha value is -1.90. The smallest absolute Gasteiger partial charge is 0.255 e. The molecule has 0 atom stereocenters. The van der Waals surface area contributed by atoms with Gasteiger partial charge in [0.15, 0.2) is 0 Å². The highest BCUT2D eigenvalue weighted by Gasteiger charge is 2.22. The molecule has 2 aromatic carbocycles. The molecule has 128 valence electrons. The molecule has 0 aromatic heterocycles. The Balaban J connectivity index is 2.37. The number of anilines is 1. The summed E-state index contributed by atoms with van der Waals surface area (Å²) in [5.41, 5.74) is 1.28. The second kappa shape index (κ2) is 6.92. The number of amides is 1. The van der Waals surface area contributed by atoms with Gasteiger partial charge in [-0.05, 0) is 58.7 Å². The molecule has 1 amide bonds. The number of carbonyl (C=O) groups excluding carboxylic acids is 1. The molecule has 0 radical (unpaired) electrons. The molecule has 0 heterocycles. The molecule has 0 aliphatic carbocycles. The van der Waals surface area contributed by atoms with Gasteiger partial charge in [-0.2, -0.15) is 0 Å². The van der Waals surface area contributed by atoms with E-state index in [2.05, 4.69) is 21.2 Å². The van der Waals surface area contributed by atoms with E-state index >= 15 is 0 Å². The lowest BCUT2D eigenvalue weighted by Crippen LogP contribution is -2.23. The number of rotatable bonds is 4. The lowest BCUT2D eigenvalue weighted by molar-refractivity contribution is 0.102. The summed E-state index contributed by atoms with van der Waals surface area (Å²) in [5, 5.41) is 12.4. The van der Waals surface area contributed by atoms with Crippen LogP contribution in [-0.2, 0) is 10.0 Å². The number of hydrogen-bond acceptors (Lipinski definition) is 4. The highest BCUT2D eigenvalue weighted by atomic mass is 79.9. The molecule has 0 spiro atoms. The van der Waals surface area contributed by atoms with Gasteiger partial charge in [0.1, 0.15) is 5.75 Å². The predicted molar refractivity (Wildman–Crippen MR) is 95.8 cm³/mol. The second-order valence-electron chi connectivity index (χ2n) is 5.41. The minimum absolute atomic E-state index is 0.00622. The molecule has 6 nitrogen and oxygen atoms in total. The molecule has 24 heavy (non-hydrogen) atoms. The maximum Gasteiger partial charge on any atom is 0.255 e. The maximum atomic E-state index is 12.4. The van der Waals surface area contributed by atoms with Crippen molar-refractivity contribution >= 4 is 37.5 Å². The van der Waals surface area contributed by atoms with Crippen LogP contribution in [0.3, 0.4) is 0 Å². The molecule has 0 unspecified atom stereocenters. The highest BCUT2D eigenvalue weighted by molar-refractivity contribution is 9.10. The van der Waals surface area contributed by atoms with E-state index in [1.54, 1.807) is 12.1 Å². The third-order valence-corrected chi connectivity index (χ3v) is 6.16. The van der Waals surface area contributed by atoms with Crippen molar-refractivity contribution in [2.75, 3.05) is 19.4 Å². The molecule has 2 rings (SSSR count). The van der Waals surface area contributed by atoms with Crippen molar-refractivity contribution in [3.8, 4) is 5.75 Å². The third kappa shape index (κ3) is 3.77. The summed E-state index contributed by atoms with van der Waals surface area (Å²) in [5.74, 6) is -0.571. The number of aromatic hydroxyl groups is 1. The van der Waals surface area contributed by atoms with Crippen LogP contribution in [-0.4, -0.2) is 37.8 Å². The Bertz CT molecular complexity index is 895. The molecule has 2 N–H and O–H groups in total. The largest absolute Gasteiger partial charge is 0.506 e. The molecular weight excluding hydrogens is 396 g/mol. The molecule has 0 saturated heterocycles. The molecule has 0 aliphatic rings. The molecule has 0 saturated carbocycles. The van der Waals surface area contributed by atoms with Gasteiger partial charge in [-0.25, -0.2) is 12.7 Å². The number of phenols is 1. The van der Waals surface area contributed by atoms with E-state index < -0.39 is 15.9 Å². The van der Waals surface area contributed by atoms with Gasteiger partial charge in [-0.3, -0.25) is 4.79 Å². The average Bonchev–Trinajstić information content (AvgIpc) is 2.50. The summed E-state index contributed by atoms with van der Waals surface area (Å²) >= 11 is 3.19. The Morgan fingerprint density at radius 1 is 1.17 bits per heavy atom. The number of phenolic OH excluding ortho intramolecular Hbond substituents is 1. The number of nitrogens with one attached hydrogen (secondary N) is 1. The van der Waals surface area contributed by atoms with Gasteiger partial charge in [0.05, 0.1) is 10.6 Å². The summed E-state index contributed by atoms with van der Waals surface area (Å²) < 4.78 is 26.0. The quantitative estimate of drug-likeness (QED) is 0.755. The summed E-state index contributed by atoms with van der Waals surface area (Å²) in [6.07, 6.45) is 0. The van der Waals surface area contributed by atoms with Gasteiger partial charge >= 0.3 is 0 Å². The minimum Gasteiger partial charge on any atom is -0.506 e. The number of halogens is 1. The normalized spacial score (nSPS) is 11.5. The van der Waals surface area contributed by atoms with E-state index in [-0.39, 0.29) is 21.9 Å². The van der Waals surface area contributed by atoms with Crippen LogP contribution in [0.4, 0.5) is 5.69 Å². The SMILES string of the molecule is Cc1ccc(NC(=O)c2ccc(Br)c(S(=O)(=O)N(C)C)c2)c(O)c1. The van der Waals surface area contributed by atoms with Crippen molar-refractivity contribution in [1.29, 1.82) is 0 Å². The Morgan fingerprint density at radius 2 is 1.83 bits per heavy atom. The van der Waals surface area contributed by atoms with Gasteiger partial charge in [0, 0.05) is 24.1 Å². The van der Waals surface area contributed by atoms with Crippen LogP contribution in [0.15, 0.2) is 45.8 Å². The fourth-order valence-electron chi connectivity index (χ4n) is 1.98. The van der Waals surface area contributed by atoms with Gasteiger partial charge in [0.25, 0.3) is 5.91 Å². The van der Waals surface area contributed by atoms with E-state index in [1.165, 1.54) is 38.4 Å². The first-order valence-corrected chi connectivity index (χ1v) is 9.19. The van der Waals surface area contributed by atoms with Gasteiger partial charge in [0.2, 0.25) is 10.0 Å². The van der Waals surface area contributed by atoms with Crippen molar-refractivity contribution in [2.45, 2.75) is 11.8 Å². The van der Waals surface area contributed by atoms with Crippen molar-refractivity contribution in [1.82, 2.24) is 4.31 Å². The summed E-state index contributed by atoms with van der Waals surface area (Å²) in [6.45, 7) is 1.82. The zero-order chi connectivity index (χ0) is 18.1. The first-order valence-electron chi connectivity index (χ1n) is 6.96. The average molecular weight is 413 g/mol. The highest BCUT2D eigenvalue weighted by Crippen LogP contribution is 2.27. The van der Waals surface area contributed by atoms with Gasteiger partial charge in [-0.15, -0.1) is 0 Å². The van der Waals surface area contributed by atoms with Crippen molar-refractivity contribution in [3.05, 3.63) is 52.0 Å². The predicted octanol–water partition coefficient (Wildman–Crippen LogP) is 2.97. The van der Waals surface area contributed by atoms with Gasteiger partial charge in [-0.1, -0.05) is 6.07 Å². The topological polar surface area (TPSA) is 86.7 Å². The maximum absolute atomic E-state index is 12.4. The second-order valence-corrected chi connectivity index (χ2v) is 8.38. The number of hydrogen-bond donors (Lipinski definition) is 2. The van der Waals surface area contributed by atoms with E-state index in [9.17, 15) is 18.3 Å². The van der Waals surface area contributed by atoms with Crippen LogP contribution in [0, 0.1) is 6.92 Å². The Kier molecular flexibility index (Phi) is 5.32. The van der Waals surface area contributed by atoms with Crippen molar-refractivity contribution in [2.24, 2.45) is 0 Å². The number of benzene rings is 2. The molecule has 0 aliphatic heterocycles. The van der Waals surface area contributed by atoms with Crippen LogP contribution >= 0.6 is 15.9 Å². The van der Waals surface area contributed by atoms with Crippen LogP contribution < -0.4 is 5.32 Å². The first-order chi connectivity index (χ1) is 11.1. The molecule has 8 heteroatoms. The first kappa shape index (κ1) is 18.4. The fraction of sp³-hybridized carbons (Fsp3) is 0.188. The van der Waals surface area contributed by atoms with Crippen LogP contribution in [0.1, 0.15) is 15.9 Å². The van der Waals surface area contributed by atoms with E-state index in [0.717, 1.165) is 9.87 Å². The number of sulfonamides is 1. The van der Waals surface area contributed by atoms with E-state index in [0.29, 0.717) is 4.47 Å². The van der Waals surface area contributed by atoms with Gasteiger partial charge < -0.3 is 10.4 Å². The van der Waals surface area contributed by atoms with Crippen molar-refractivity contribution < 1.29 is 18.3 Å². The molecular formula is C16H17BrN2O4S. The lowest BCUT2D eigenvalue weighted by atomic mass is 10.2. The number of aryl methyl sites for hydroxylation is 1.